The second-order valence-electron chi connectivity index (χ2n) is 6.27. The summed E-state index contributed by atoms with van der Waals surface area (Å²) in [6.45, 7) is 0. The van der Waals surface area contributed by atoms with Gasteiger partial charge in [-0.25, -0.2) is 4.98 Å². The second kappa shape index (κ2) is 7.29. The average Bonchev–Trinajstić information content (AvgIpc) is 3.00. The number of Topliss-reactive ketones (excluding diaryl/α,β-unsaturated/α-hetero) is 1. The van der Waals surface area contributed by atoms with Crippen LogP contribution in [0, 0.1) is 0 Å². The molecular weight excluding hydrogens is 376 g/mol. The lowest BCUT2D eigenvalue weighted by molar-refractivity contribution is -0.132. The van der Waals surface area contributed by atoms with Crippen LogP contribution in [-0.2, 0) is 9.59 Å². The van der Waals surface area contributed by atoms with Crippen molar-refractivity contribution in [2.24, 2.45) is 0 Å². The molecule has 0 spiro atoms. The van der Waals surface area contributed by atoms with E-state index in [-0.39, 0.29) is 11.3 Å². The SMILES string of the molecule is O=C1C(=O)N(c2ccccn2)[C@@H](c2ccccc2)C1=C(O)c1ccc(Cl)cc1. The molecule has 2 heterocycles. The van der Waals surface area contributed by atoms with Gasteiger partial charge >= 0.3 is 5.91 Å². The summed E-state index contributed by atoms with van der Waals surface area (Å²) in [4.78, 5) is 31.3. The fourth-order valence-corrected chi connectivity index (χ4v) is 3.41. The molecule has 1 saturated heterocycles. The molecule has 1 fully saturated rings. The van der Waals surface area contributed by atoms with E-state index in [0.717, 1.165) is 0 Å². The Labute approximate surface area is 166 Å². The van der Waals surface area contributed by atoms with Gasteiger partial charge in [0.05, 0.1) is 11.6 Å². The van der Waals surface area contributed by atoms with Crippen LogP contribution in [0.3, 0.4) is 0 Å². The van der Waals surface area contributed by atoms with Crippen LogP contribution in [0.1, 0.15) is 17.2 Å². The highest BCUT2D eigenvalue weighted by molar-refractivity contribution is 6.51. The first-order chi connectivity index (χ1) is 13.6. The number of rotatable bonds is 3. The fraction of sp³-hybridized carbons (Fsp3) is 0.0455. The maximum Gasteiger partial charge on any atom is 0.301 e. The van der Waals surface area contributed by atoms with Crippen molar-refractivity contribution in [3.05, 3.63) is 101 Å². The molecule has 0 radical (unpaired) electrons. The molecule has 28 heavy (non-hydrogen) atoms. The molecule has 6 heteroatoms. The summed E-state index contributed by atoms with van der Waals surface area (Å²) in [7, 11) is 0. The van der Waals surface area contributed by atoms with Gasteiger partial charge < -0.3 is 5.11 Å². The van der Waals surface area contributed by atoms with Gasteiger partial charge in [0.25, 0.3) is 5.78 Å². The number of carbonyl (C=O) groups excluding carboxylic acids is 2. The van der Waals surface area contributed by atoms with Crippen LogP contribution in [0.4, 0.5) is 5.82 Å². The monoisotopic (exact) mass is 390 g/mol. The Morgan fingerprint density at radius 3 is 2.25 bits per heavy atom. The first-order valence-corrected chi connectivity index (χ1v) is 8.98. The molecule has 1 N–H and O–H groups in total. The van der Waals surface area contributed by atoms with E-state index in [1.54, 1.807) is 48.7 Å². The molecular formula is C22H15ClN2O3. The van der Waals surface area contributed by atoms with E-state index in [9.17, 15) is 14.7 Å². The number of amides is 1. The van der Waals surface area contributed by atoms with Gasteiger partial charge in [-0.2, -0.15) is 0 Å². The maximum absolute atomic E-state index is 12.9. The number of hydrogen-bond acceptors (Lipinski definition) is 4. The van der Waals surface area contributed by atoms with Gasteiger partial charge in [-0.05, 0) is 42.0 Å². The van der Waals surface area contributed by atoms with Crippen LogP contribution in [-0.4, -0.2) is 21.8 Å². The third-order valence-electron chi connectivity index (χ3n) is 4.57. The summed E-state index contributed by atoms with van der Waals surface area (Å²) in [5.74, 6) is -1.40. The van der Waals surface area contributed by atoms with Gasteiger partial charge in [-0.1, -0.05) is 48.0 Å². The Balaban J connectivity index is 1.94. The van der Waals surface area contributed by atoms with Crippen LogP contribution < -0.4 is 4.90 Å². The lowest BCUT2D eigenvalue weighted by atomic mass is 9.95. The lowest BCUT2D eigenvalue weighted by Crippen LogP contribution is -2.30. The molecule has 2 aromatic carbocycles. The molecule has 1 amide bonds. The number of ketones is 1. The van der Waals surface area contributed by atoms with Gasteiger partial charge in [0.1, 0.15) is 11.6 Å². The highest BCUT2D eigenvalue weighted by Crippen LogP contribution is 2.41. The predicted octanol–water partition coefficient (Wildman–Crippen LogP) is 4.36. The number of benzene rings is 2. The summed E-state index contributed by atoms with van der Waals surface area (Å²) >= 11 is 5.92. The van der Waals surface area contributed by atoms with Gasteiger partial charge in [0.2, 0.25) is 0 Å². The van der Waals surface area contributed by atoms with Crippen molar-refractivity contribution in [1.29, 1.82) is 0 Å². The van der Waals surface area contributed by atoms with Crippen LogP contribution >= 0.6 is 11.6 Å². The molecule has 0 bridgehead atoms. The number of pyridine rings is 1. The minimum atomic E-state index is -0.785. The van der Waals surface area contributed by atoms with Gasteiger partial charge in [0, 0.05) is 16.8 Å². The van der Waals surface area contributed by atoms with E-state index in [4.69, 9.17) is 11.6 Å². The van der Waals surface area contributed by atoms with Crippen LogP contribution in [0.2, 0.25) is 5.02 Å². The number of aliphatic hydroxyl groups excluding tert-OH is 1. The van der Waals surface area contributed by atoms with Crippen LogP contribution in [0.15, 0.2) is 84.6 Å². The van der Waals surface area contributed by atoms with Crippen molar-refractivity contribution in [2.45, 2.75) is 6.04 Å². The van der Waals surface area contributed by atoms with Crippen molar-refractivity contribution in [2.75, 3.05) is 4.90 Å². The molecule has 1 aliphatic heterocycles. The number of hydrogen-bond donors (Lipinski definition) is 1. The zero-order valence-electron chi connectivity index (χ0n) is 14.6. The number of aliphatic hydroxyl groups is 1. The van der Waals surface area contributed by atoms with Crippen LogP contribution in [0.25, 0.3) is 5.76 Å². The summed E-state index contributed by atoms with van der Waals surface area (Å²) in [5.41, 5.74) is 1.12. The van der Waals surface area contributed by atoms with E-state index >= 15 is 0 Å². The van der Waals surface area contributed by atoms with Gasteiger partial charge in [-0.15, -0.1) is 0 Å². The number of nitrogens with zero attached hydrogens (tertiary/aromatic N) is 2. The first-order valence-electron chi connectivity index (χ1n) is 8.61. The summed E-state index contributed by atoms with van der Waals surface area (Å²) in [5, 5.41) is 11.4. The largest absolute Gasteiger partial charge is 0.507 e. The molecule has 5 nitrogen and oxygen atoms in total. The number of carbonyl (C=O) groups is 2. The summed E-state index contributed by atoms with van der Waals surface area (Å²) in [6, 6.07) is 19.9. The fourth-order valence-electron chi connectivity index (χ4n) is 3.28. The molecule has 1 atom stereocenters. The molecule has 0 aliphatic carbocycles. The topological polar surface area (TPSA) is 70.5 Å². The number of anilines is 1. The number of aromatic nitrogens is 1. The predicted molar refractivity (Wildman–Crippen MR) is 107 cm³/mol. The highest BCUT2D eigenvalue weighted by Gasteiger charge is 2.47. The Morgan fingerprint density at radius 2 is 1.61 bits per heavy atom. The van der Waals surface area contributed by atoms with E-state index in [1.807, 2.05) is 30.3 Å². The maximum atomic E-state index is 12.9. The third-order valence-corrected chi connectivity index (χ3v) is 4.83. The van der Waals surface area contributed by atoms with Crippen molar-refractivity contribution in [1.82, 2.24) is 4.98 Å². The van der Waals surface area contributed by atoms with E-state index in [0.29, 0.717) is 22.0 Å². The smallest absolute Gasteiger partial charge is 0.301 e. The Morgan fingerprint density at radius 1 is 0.929 bits per heavy atom. The third kappa shape index (κ3) is 3.06. The van der Waals surface area contributed by atoms with Crippen molar-refractivity contribution in [3.8, 4) is 0 Å². The Kier molecular flexibility index (Phi) is 4.67. The van der Waals surface area contributed by atoms with Crippen molar-refractivity contribution in [3.63, 3.8) is 0 Å². The molecule has 3 aromatic rings. The molecule has 0 saturated carbocycles. The van der Waals surface area contributed by atoms with E-state index in [2.05, 4.69) is 4.98 Å². The average molecular weight is 391 g/mol. The molecule has 0 unspecified atom stereocenters. The highest BCUT2D eigenvalue weighted by atomic mass is 35.5. The minimum Gasteiger partial charge on any atom is -0.507 e. The minimum absolute atomic E-state index is 0.0178. The molecule has 1 aliphatic rings. The van der Waals surface area contributed by atoms with Crippen molar-refractivity contribution < 1.29 is 14.7 Å². The normalized spacial score (nSPS) is 18.5. The standard InChI is InChI=1S/C22H15ClN2O3/c23-16-11-9-15(10-12-16)20(26)18-19(14-6-2-1-3-7-14)25(22(28)21(18)27)17-8-4-5-13-24-17/h1-13,19,26H/t19-/m0/s1. The van der Waals surface area contributed by atoms with E-state index in [1.165, 1.54) is 4.90 Å². The van der Waals surface area contributed by atoms with Crippen molar-refractivity contribution >= 4 is 34.9 Å². The quantitative estimate of drug-likeness (QED) is 0.410. The number of halogens is 1. The first kappa shape index (κ1) is 17.9. The zero-order valence-corrected chi connectivity index (χ0v) is 15.4. The molecule has 4 rings (SSSR count). The van der Waals surface area contributed by atoms with E-state index < -0.39 is 17.7 Å². The molecule has 138 valence electrons. The summed E-state index contributed by atoms with van der Waals surface area (Å²) < 4.78 is 0. The summed E-state index contributed by atoms with van der Waals surface area (Å²) in [6.07, 6.45) is 1.55. The van der Waals surface area contributed by atoms with Crippen LogP contribution in [0.5, 0.6) is 0 Å². The molecule has 1 aromatic heterocycles. The van der Waals surface area contributed by atoms with Gasteiger partial charge in [-0.3, -0.25) is 14.5 Å². The zero-order chi connectivity index (χ0) is 19.7. The lowest BCUT2D eigenvalue weighted by Gasteiger charge is -2.24. The van der Waals surface area contributed by atoms with Gasteiger partial charge in [0.15, 0.2) is 0 Å². The Bertz CT molecular complexity index is 1060. The second-order valence-corrected chi connectivity index (χ2v) is 6.71. The Hall–Kier alpha value is -3.44.